The molecule has 2 unspecified atom stereocenters. The Morgan fingerprint density at radius 1 is 1.48 bits per heavy atom. The average Bonchev–Trinajstić information content (AvgIpc) is 2.45. The molecule has 1 fully saturated rings. The summed E-state index contributed by atoms with van der Waals surface area (Å²) in [5.74, 6) is -0.246. The van der Waals surface area contributed by atoms with Gasteiger partial charge in [-0.05, 0) is 56.3 Å². The van der Waals surface area contributed by atoms with Crippen LogP contribution in [0.15, 0.2) is 18.2 Å². The molecular weight excluding hydrogens is 309 g/mol. The van der Waals surface area contributed by atoms with Gasteiger partial charge in [-0.3, -0.25) is 9.69 Å². The van der Waals surface area contributed by atoms with Gasteiger partial charge in [-0.25, -0.2) is 0 Å². The first-order valence-electron chi connectivity index (χ1n) is 7.38. The minimum Gasteiger partial charge on any atom is -0.481 e. The highest BCUT2D eigenvalue weighted by Gasteiger charge is 2.25. The number of aliphatic carboxylic acids is 1. The number of benzene rings is 1. The maximum absolute atomic E-state index is 10.7. The minimum atomic E-state index is -0.707. The van der Waals surface area contributed by atoms with Gasteiger partial charge in [0.25, 0.3) is 0 Å². The third-order valence-electron chi connectivity index (χ3n) is 4.28. The number of hydrogen-bond donors (Lipinski definition) is 1. The Labute approximate surface area is 135 Å². The molecule has 1 N–H and O–H groups in total. The fourth-order valence-electron chi connectivity index (χ4n) is 3.05. The van der Waals surface area contributed by atoms with Crippen molar-refractivity contribution in [2.45, 2.75) is 38.6 Å². The molecule has 0 spiro atoms. The van der Waals surface area contributed by atoms with Crippen LogP contribution in [0.2, 0.25) is 10.0 Å². The number of carboxylic acid groups (broad SMARTS) is 1. The summed E-state index contributed by atoms with van der Waals surface area (Å²) in [6.07, 6.45) is 3.24. The second-order valence-electron chi connectivity index (χ2n) is 5.78. The predicted octanol–water partition coefficient (Wildman–Crippen LogP) is 4.63. The van der Waals surface area contributed by atoms with E-state index in [4.69, 9.17) is 28.3 Å². The summed E-state index contributed by atoms with van der Waals surface area (Å²) in [4.78, 5) is 13.1. The van der Waals surface area contributed by atoms with Gasteiger partial charge in [0.15, 0.2) is 0 Å². The second kappa shape index (κ2) is 7.48. The van der Waals surface area contributed by atoms with Crippen molar-refractivity contribution in [3.8, 4) is 0 Å². The van der Waals surface area contributed by atoms with Crippen LogP contribution >= 0.6 is 23.2 Å². The van der Waals surface area contributed by atoms with Crippen LogP contribution in [0.25, 0.3) is 0 Å². The highest BCUT2D eigenvalue weighted by molar-refractivity contribution is 6.35. The van der Waals surface area contributed by atoms with Gasteiger partial charge in [0.1, 0.15) is 0 Å². The van der Waals surface area contributed by atoms with Gasteiger partial charge in [-0.2, -0.15) is 0 Å². The van der Waals surface area contributed by atoms with Crippen LogP contribution in [-0.2, 0) is 4.79 Å². The maximum atomic E-state index is 10.7. The summed E-state index contributed by atoms with van der Waals surface area (Å²) in [5, 5.41) is 10.2. The molecule has 1 aromatic rings. The van der Waals surface area contributed by atoms with Crippen molar-refractivity contribution in [2.75, 3.05) is 13.1 Å². The molecule has 0 aromatic heterocycles. The molecule has 0 aliphatic carbocycles. The summed E-state index contributed by atoms with van der Waals surface area (Å²) < 4.78 is 0. The number of likely N-dealkylation sites (tertiary alicyclic amines) is 1. The Balaban J connectivity index is 2.01. The molecule has 21 heavy (non-hydrogen) atoms. The van der Waals surface area contributed by atoms with Crippen molar-refractivity contribution in [1.82, 2.24) is 4.90 Å². The van der Waals surface area contributed by atoms with Crippen LogP contribution in [0.4, 0.5) is 0 Å². The van der Waals surface area contributed by atoms with E-state index in [1.807, 2.05) is 12.1 Å². The van der Waals surface area contributed by atoms with Gasteiger partial charge in [-0.1, -0.05) is 29.3 Å². The zero-order chi connectivity index (χ0) is 15.4. The van der Waals surface area contributed by atoms with E-state index >= 15 is 0 Å². The lowest BCUT2D eigenvalue weighted by Crippen LogP contribution is -2.37. The van der Waals surface area contributed by atoms with Crippen molar-refractivity contribution in [3.05, 3.63) is 33.8 Å². The number of halogens is 2. The van der Waals surface area contributed by atoms with E-state index in [0.29, 0.717) is 16.0 Å². The summed E-state index contributed by atoms with van der Waals surface area (Å²) in [6.45, 7) is 4.12. The van der Waals surface area contributed by atoms with Crippen molar-refractivity contribution in [1.29, 1.82) is 0 Å². The van der Waals surface area contributed by atoms with Crippen LogP contribution in [0.3, 0.4) is 0 Å². The van der Waals surface area contributed by atoms with Gasteiger partial charge < -0.3 is 5.11 Å². The van der Waals surface area contributed by atoms with Gasteiger partial charge in [0.2, 0.25) is 0 Å². The molecule has 0 saturated carbocycles. The second-order valence-corrected chi connectivity index (χ2v) is 6.62. The summed E-state index contributed by atoms with van der Waals surface area (Å²) in [5.41, 5.74) is 1.08. The van der Waals surface area contributed by atoms with Crippen molar-refractivity contribution in [3.63, 3.8) is 0 Å². The van der Waals surface area contributed by atoms with E-state index in [9.17, 15) is 4.79 Å². The first-order chi connectivity index (χ1) is 9.97. The number of piperidine rings is 1. The summed E-state index contributed by atoms with van der Waals surface area (Å²) >= 11 is 12.2. The molecule has 0 amide bonds. The van der Waals surface area contributed by atoms with E-state index in [2.05, 4.69) is 11.8 Å². The number of nitrogens with zero attached hydrogens (tertiary/aromatic N) is 1. The zero-order valence-corrected chi connectivity index (χ0v) is 13.7. The lowest BCUT2D eigenvalue weighted by atomic mass is 9.91. The van der Waals surface area contributed by atoms with Crippen LogP contribution < -0.4 is 0 Å². The third-order valence-corrected chi connectivity index (χ3v) is 4.84. The topological polar surface area (TPSA) is 40.5 Å². The first kappa shape index (κ1) is 16.6. The molecule has 0 bridgehead atoms. The summed E-state index contributed by atoms with van der Waals surface area (Å²) in [7, 11) is 0. The van der Waals surface area contributed by atoms with E-state index in [1.54, 1.807) is 6.07 Å². The van der Waals surface area contributed by atoms with Gasteiger partial charge in [-0.15, -0.1) is 0 Å². The Kier molecular flexibility index (Phi) is 5.91. The highest BCUT2D eigenvalue weighted by atomic mass is 35.5. The Hall–Kier alpha value is -0.770. The molecule has 1 saturated heterocycles. The molecule has 1 heterocycles. The smallest absolute Gasteiger partial charge is 0.303 e. The lowest BCUT2D eigenvalue weighted by molar-refractivity contribution is -0.137. The quantitative estimate of drug-likeness (QED) is 0.856. The monoisotopic (exact) mass is 329 g/mol. The zero-order valence-electron chi connectivity index (χ0n) is 12.2. The molecule has 1 aromatic carbocycles. The lowest BCUT2D eigenvalue weighted by Gasteiger charge is -2.37. The number of hydrogen-bond acceptors (Lipinski definition) is 2. The summed E-state index contributed by atoms with van der Waals surface area (Å²) in [6, 6.07) is 5.85. The number of carboxylic acids is 1. The van der Waals surface area contributed by atoms with Crippen molar-refractivity contribution in [2.24, 2.45) is 5.92 Å². The van der Waals surface area contributed by atoms with E-state index < -0.39 is 5.97 Å². The number of rotatable bonds is 5. The van der Waals surface area contributed by atoms with Crippen LogP contribution in [0.5, 0.6) is 0 Å². The average molecular weight is 330 g/mol. The van der Waals surface area contributed by atoms with Crippen LogP contribution in [-0.4, -0.2) is 29.1 Å². The van der Waals surface area contributed by atoms with Crippen molar-refractivity contribution >= 4 is 29.2 Å². The fourth-order valence-corrected chi connectivity index (χ4v) is 3.62. The van der Waals surface area contributed by atoms with Gasteiger partial charge in [0, 0.05) is 29.1 Å². The van der Waals surface area contributed by atoms with Crippen LogP contribution in [0.1, 0.15) is 44.2 Å². The standard InChI is InChI=1S/C16H21Cl2NO2/c1-11(14-6-5-13(17)9-15(14)18)19-8-2-3-12(10-19)4-7-16(20)21/h5-6,9,11-12H,2-4,7-8,10H2,1H3,(H,20,21). The van der Waals surface area contributed by atoms with Crippen LogP contribution in [0, 0.1) is 5.92 Å². The molecule has 2 rings (SSSR count). The first-order valence-corrected chi connectivity index (χ1v) is 8.13. The largest absolute Gasteiger partial charge is 0.481 e. The molecule has 2 atom stereocenters. The molecular formula is C16H21Cl2NO2. The highest BCUT2D eigenvalue weighted by Crippen LogP contribution is 2.33. The Morgan fingerprint density at radius 2 is 2.24 bits per heavy atom. The molecule has 0 radical (unpaired) electrons. The molecule has 1 aliphatic rings. The van der Waals surface area contributed by atoms with E-state index in [1.165, 1.54) is 0 Å². The van der Waals surface area contributed by atoms with Gasteiger partial charge >= 0.3 is 5.97 Å². The third kappa shape index (κ3) is 4.60. The molecule has 3 nitrogen and oxygen atoms in total. The maximum Gasteiger partial charge on any atom is 0.303 e. The fraction of sp³-hybridized carbons (Fsp3) is 0.562. The van der Waals surface area contributed by atoms with Gasteiger partial charge in [0.05, 0.1) is 0 Å². The van der Waals surface area contributed by atoms with E-state index in [-0.39, 0.29) is 12.5 Å². The predicted molar refractivity (Wildman–Crippen MR) is 86.0 cm³/mol. The Bertz CT molecular complexity index is 507. The molecule has 1 aliphatic heterocycles. The normalized spacial score (nSPS) is 21.2. The minimum absolute atomic E-state index is 0.224. The number of carbonyl (C=O) groups is 1. The van der Waals surface area contributed by atoms with E-state index in [0.717, 1.165) is 37.9 Å². The SMILES string of the molecule is CC(c1ccc(Cl)cc1Cl)N1CCCC(CCC(=O)O)C1. The van der Waals surface area contributed by atoms with Crippen molar-refractivity contribution < 1.29 is 9.90 Å². The molecule has 5 heteroatoms. The Morgan fingerprint density at radius 3 is 2.90 bits per heavy atom. The molecule has 116 valence electrons.